The number of rotatable bonds is 4. The molecule has 0 bridgehead atoms. The van der Waals surface area contributed by atoms with Crippen LogP contribution in [0.1, 0.15) is 30.1 Å². The Balaban J connectivity index is 1.45. The Morgan fingerprint density at radius 2 is 2.19 bits per heavy atom. The Kier molecular flexibility index (Phi) is 4.55. The third-order valence-electron chi connectivity index (χ3n) is 4.48. The molecule has 136 valence electrons. The third kappa shape index (κ3) is 3.53. The first-order valence-corrected chi connectivity index (χ1v) is 8.99. The average molecular weight is 375 g/mol. The van der Waals surface area contributed by atoms with Gasteiger partial charge in [-0.25, -0.2) is 0 Å². The zero-order valence-corrected chi connectivity index (χ0v) is 15.2. The van der Waals surface area contributed by atoms with E-state index in [9.17, 15) is 4.79 Å². The Labute approximate surface area is 155 Å². The second-order valence-electron chi connectivity index (χ2n) is 6.44. The van der Waals surface area contributed by atoms with Crippen LogP contribution in [0.3, 0.4) is 0 Å². The monoisotopic (exact) mass is 374 g/mol. The maximum Gasteiger partial charge on any atom is 0.223 e. The summed E-state index contributed by atoms with van der Waals surface area (Å²) >= 11 is 5.74. The van der Waals surface area contributed by atoms with E-state index in [1.165, 1.54) is 0 Å². The molecule has 1 amide bonds. The highest BCUT2D eigenvalue weighted by Crippen LogP contribution is 2.24. The Morgan fingerprint density at radius 1 is 1.31 bits per heavy atom. The number of aromatic nitrogens is 3. The van der Waals surface area contributed by atoms with Crippen molar-refractivity contribution >= 4 is 17.5 Å². The van der Waals surface area contributed by atoms with Crippen molar-refractivity contribution in [1.82, 2.24) is 19.8 Å². The molecular formula is C18H19ClN4O3. The lowest BCUT2D eigenvalue weighted by Gasteiger charge is -2.19. The van der Waals surface area contributed by atoms with Gasteiger partial charge in [-0.1, -0.05) is 16.8 Å². The van der Waals surface area contributed by atoms with Crippen LogP contribution in [0, 0.1) is 6.92 Å². The van der Waals surface area contributed by atoms with Crippen molar-refractivity contribution in [3.8, 4) is 11.5 Å². The van der Waals surface area contributed by atoms with E-state index in [0.717, 1.165) is 35.9 Å². The van der Waals surface area contributed by atoms with Crippen molar-refractivity contribution in [3.63, 3.8) is 0 Å². The fourth-order valence-electron chi connectivity index (χ4n) is 3.16. The van der Waals surface area contributed by atoms with Gasteiger partial charge in [0.05, 0.1) is 12.2 Å². The van der Waals surface area contributed by atoms with Gasteiger partial charge in [0.2, 0.25) is 5.91 Å². The number of fused-ring (bicyclic) bond motifs is 1. The lowest BCUT2D eigenvalue weighted by molar-refractivity contribution is -0.131. The molecular weight excluding hydrogens is 356 g/mol. The topological polar surface area (TPSA) is 77.3 Å². The first kappa shape index (κ1) is 16.9. The number of nitrogens with zero attached hydrogens (tertiary/aromatic N) is 4. The number of halogens is 1. The van der Waals surface area contributed by atoms with Crippen molar-refractivity contribution in [2.24, 2.45) is 0 Å². The van der Waals surface area contributed by atoms with Crippen LogP contribution in [0.4, 0.5) is 0 Å². The van der Waals surface area contributed by atoms with Gasteiger partial charge in [0.25, 0.3) is 0 Å². The van der Waals surface area contributed by atoms with E-state index in [0.29, 0.717) is 36.8 Å². The molecule has 0 fully saturated rings. The van der Waals surface area contributed by atoms with E-state index in [-0.39, 0.29) is 5.91 Å². The minimum absolute atomic E-state index is 0.0857. The van der Waals surface area contributed by atoms with Gasteiger partial charge in [-0.2, -0.15) is 5.10 Å². The van der Waals surface area contributed by atoms with Gasteiger partial charge in [-0.3, -0.25) is 9.48 Å². The molecule has 0 saturated carbocycles. The summed E-state index contributed by atoms with van der Waals surface area (Å²) < 4.78 is 12.7. The number of amides is 1. The van der Waals surface area contributed by atoms with Crippen molar-refractivity contribution in [1.29, 1.82) is 0 Å². The molecule has 8 heteroatoms. The minimum Gasteiger partial charge on any atom is -0.460 e. The van der Waals surface area contributed by atoms with Gasteiger partial charge in [0.15, 0.2) is 10.9 Å². The second kappa shape index (κ2) is 6.99. The Bertz CT molecular complexity index is 927. The van der Waals surface area contributed by atoms with E-state index in [4.69, 9.17) is 20.5 Å². The molecule has 4 heterocycles. The summed E-state index contributed by atoms with van der Waals surface area (Å²) in [5.41, 5.74) is 1.82. The third-order valence-corrected chi connectivity index (χ3v) is 4.65. The van der Waals surface area contributed by atoms with Crippen LogP contribution >= 0.6 is 11.6 Å². The van der Waals surface area contributed by atoms with Crippen LogP contribution < -0.4 is 0 Å². The molecule has 0 atom stereocenters. The zero-order valence-electron chi connectivity index (χ0n) is 14.4. The molecule has 3 aromatic heterocycles. The van der Waals surface area contributed by atoms with E-state index < -0.39 is 0 Å². The second-order valence-corrected chi connectivity index (χ2v) is 6.83. The molecule has 0 aliphatic carbocycles. The number of aryl methyl sites for hydroxylation is 3. The number of furan rings is 1. The zero-order chi connectivity index (χ0) is 18.1. The maximum atomic E-state index is 12.6. The van der Waals surface area contributed by atoms with Gasteiger partial charge < -0.3 is 13.8 Å². The van der Waals surface area contributed by atoms with Crippen LogP contribution in [-0.4, -0.2) is 32.3 Å². The lowest BCUT2D eigenvalue weighted by atomic mass is 10.2. The van der Waals surface area contributed by atoms with Crippen molar-refractivity contribution < 1.29 is 13.7 Å². The fraction of sp³-hybridized carbons (Fsp3) is 0.389. The maximum absolute atomic E-state index is 12.6. The van der Waals surface area contributed by atoms with Crippen LogP contribution in [0.5, 0.6) is 0 Å². The fourth-order valence-corrected chi connectivity index (χ4v) is 3.32. The molecule has 0 aromatic carbocycles. The molecule has 3 aromatic rings. The molecule has 0 N–H and O–H groups in total. The molecule has 7 nitrogen and oxygen atoms in total. The summed E-state index contributed by atoms with van der Waals surface area (Å²) in [7, 11) is 0. The summed E-state index contributed by atoms with van der Waals surface area (Å²) in [5.74, 6) is 2.32. The predicted octanol–water partition coefficient (Wildman–Crippen LogP) is 3.46. The van der Waals surface area contributed by atoms with Crippen LogP contribution in [0.15, 0.2) is 33.2 Å². The van der Waals surface area contributed by atoms with E-state index >= 15 is 0 Å². The summed E-state index contributed by atoms with van der Waals surface area (Å²) in [4.78, 5) is 14.5. The smallest absolute Gasteiger partial charge is 0.223 e. The summed E-state index contributed by atoms with van der Waals surface area (Å²) in [6.07, 6.45) is 1.72. The van der Waals surface area contributed by atoms with Crippen LogP contribution in [0.25, 0.3) is 11.5 Å². The largest absolute Gasteiger partial charge is 0.460 e. The van der Waals surface area contributed by atoms with Gasteiger partial charge >= 0.3 is 0 Å². The molecule has 0 saturated heterocycles. The Morgan fingerprint density at radius 3 is 2.92 bits per heavy atom. The molecule has 4 rings (SSSR count). The molecule has 1 aliphatic heterocycles. The summed E-state index contributed by atoms with van der Waals surface area (Å²) in [6.45, 7) is 3.96. The van der Waals surface area contributed by atoms with Gasteiger partial charge in [0, 0.05) is 32.0 Å². The van der Waals surface area contributed by atoms with Gasteiger partial charge in [-0.05, 0) is 31.5 Å². The lowest BCUT2D eigenvalue weighted by Crippen LogP contribution is -2.30. The van der Waals surface area contributed by atoms with Gasteiger partial charge in [0.1, 0.15) is 17.2 Å². The standard InChI is InChI=1S/C18H19ClN4O3/c1-12-3-5-16(25-12)15-9-13-11-22(7-2-8-23(13)20-15)18(24)6-4-14-10-17(19)21-26-14/h3,5,9-10H,2,4,6-8,11H2,1H3. The number of hydrogen-bond acceptors (Lipinski definition) is 5. The molecule has 0 spiro atoms. The van der Waals surface area contributed by atoms with Crippen molar-refractivity contribution in [2.75, 3.05) is 6.54 Å². The average Bonchev–Trinajstić information content (AvgIpc) is 3.30. The normalized spacial score (nSPS) is 14.3. The predicted molar refractivity (Wildman–Crippen MR) is 94.5 cm³/mol. The summed E-state index contributed by atoms with van der Waals surface area (Å²) in [5, 5.41) is 8.57. The Hall–Kier alpha value is -2.54. The number of carbonyl (C=O) groups excluding carboxylic acids is 1. The highest BCUT2D eigenvalue weighted by atomic mass is 35.5. The van der Waals surface area contributed by atoms with E-state index in [1.807, 2.05) is 34.7 Å². The van der Waals surface area contributed by atoms with E-state index in [1.54, 1.807) is 6.07 Å². The van der Waals surface area contributed by atoms with E-state index in [2.05, 4.69) is 10.3 Å². The molecule has 26 heavy (non-hydrogen) atoms. The highest BCUT2D eigenvalue weighted by molar-refractivity contribution is 6.29. The van der Waals surface area contributed by atoms with Gasteiger partial charge in [-0.15, -0.1) is 0 Å². The minimum atomic E-state index is 0.0857. The first-order valence-electron chi connectivity index (χ1n) is 8.61. The molecule has 0 radical (unpaired) electrons. The number of carbonyl (C=O) groups is 1. The molecule has 0 unspecified atom stereocenters. The SMILES string of the molecule is Cc1ccc(-c2cc3n(n2)CCCN(C(=O)CCc2cc(Cl)no2)C3)o1. The van der Waals surface area contributed by atoms with Crippen LogP contribution in [0.2, 0.25) is 5.15 Å². The summed E-state index contributed by atoms with van der Waals surface area (Å²) in [6, 6.07) is 7.48. The van der Waals surface area contributed by atoms with Crippen LogP contribution in [-0.2, 0) is 24.3 Å². The first-order chi connectivity index (χ1) is 12.6. The van der Waals surface area contributed by atoms with Crippen molar-refractivity contribution in [3.05, 3.63) is 46.6 Å². The quantitative estimate of drug-likeness (QED) is 0.698. The molecule has 1 aliphatic rings. The number of hydrogen-bond donors (Lipinski definition) is 0. The highest BCUT2D eigenvalue weighted by Gasteiger charge is 2.22. The van der Waals surface area contributed by atoms with Crippen molar-refractivity contribution in [2.45, 2.75) is 39.3 Å².